The number of sulfonamides is 1. The first-order chi connectivity index (χ1) is 19.3. The van der Waals surface area contributed by atoms with Crippen molar-refractivity contribution in [2.45, 2.75) is 29.8 Å². The molecule has 3 N–H and O–H groups in total. The summed E-state index contributed by atoms with van der Waals surface area (Å²) in [5.41, 5.74) is 4.57. The highest BCUT2D eigenvalue weighted by Gasteiger charge is 2.48. The van der Waals surface area contributed by atoms with Gasteiger partial charge in [-0.25, -0.2) is 13.6 Å². The molecule has 0 spiro atoms. The number of para-hydroxylation sites is 1. The van der Waals surface area contributed by atoms with Gasteiger partial charge < -0.3 is 24.3 Å². The van der Waals surface area contributed by atoms with E-state index in [4.69, 9.17) is 14.6 Å². The number of nitrogens with one attached hydrogen (secondary N) is 1. The minimum atomic E-state index is -3.78. The molecule has 3 aliphatic rings. The zero-order chi connectivity index (χ0) is 27.6. The third-order valence-corrected chi connectivity index (χ3v) is 8.91. The smallest absolute Gasteiger partial charge is 0.246 e. The van der Waals surface area contributed by atoms with Crippen LogP contribution in [-0.2, 0) is 32.5 Å². The van der Waals surface area contributed by atoms with E-state index >= 15 is 0 Å². The van der Waals surface area contributed by atoms with Crippen molar-refractivity contribution in [3.63, 3.8) is 0 Å². The maximum absolute atomic E-state index is 13.9. The van der Waals surface area contributed by atoms with Gasteiger partial charge in [-0.15, -0.1) is 0 Å². The summed E-state index contributed by atoms with van der Waals surface area (Å²) in [4.78, 5) is 34.6. The normalized spacial score (nSPS) is 20.1. The monoisotopic (exact) mass is 558 g/mol. The fraction of sp³-hybridized carbons (Fsp3) is 0.241. The largest absolute Gasteiger partial charge is 0.454 e. The first-order valence-electron chi connectivity index (χ1n) is 13.0. The molecule has 3 aliphatic heterocycles. The van der Waals surface area contributed by atoms with Crippen LogP contribution in [0.2, 0.25) is 0 Å². The molecule has 7 rings (SSSR count). The molecule has 0 radical (unpaired) electrons. The number of hydrogen-bond donors (Lipinski definition) is 2. The molecule has 1 fully saturated rings. The van der Waals surface area contributed by atoms with E-state index in [1.807, 2.05) is 42.5 Å². The van der Waals surface area contributed by atoms with Crippen LogP contribution in [0.3, 0.4) is 0 Å². The molecular formula is C29H26N4O6S. The molecule has 2 amide bonds. The van der Waals surface area contributed by atoms with Gasteiger partial charge in [0.1, 0.15) is 6.04 Å². The Bertz CT molecular complexity index is 1780. The number of rotatable bonds is 5. The van der Waals surface area contributed by atoms with E-state index in [0.717, 1.165) is 33.3 Å². The average molecular weight is 559 g/mol. The molecule has 40 heavy (non-hydrogen) atoms. The Hall–Kier alpha value is -4.35. The zero-order valence-corrected chi connectivity index (χ0v) is 22.2. The lowest BCUT2D eigenvalue weighted by Crippen LogP contribution is -2.63. The highest BCUT2D eigenvalue weighted by Crippen LogP contribution is 2.44. The second-order valence-electron chi connectivity index (χ2n) is 10.3. The van der Waals surface area contributed by atoms with Gasteiger partial charge in [0.15, 0.2) is 11.5 Å². The summed E-state index contributed by atoms with van der Waals surface area (Å²) in [6.45, 7) is 0.435. The predicted octanol–water partition coefficient (Wildman–Crippen LogP) is 2.47. The lowest BCUT2D eigenvalue weighted by Gasteiger charge is -2.47. The van der Waals surface area contributed by atoms with Crippen LogP contribution < -0.4 is 14.6 Å². The highest BCUT2D eigenvalue weighted by molar-refractivity contribution is 7.89. The predicted molar refractivity (Wildman–Crippen MR) is 145 cm³/mol. The number of fused-ring (bicyclic) bond motifs is 5. The SMILES string of the molecule is NS(=O)(=O)c1ccc(CCN2CC(=O)N3[C@H](c4ccc5c(c4)OCO5)c4[nH]c5ccccc5c4C[C@@H]3C2=O)cc1. The third kappa shape index (κ3) is 4.00. The molecule has 204 valence electrons. The Labute approximate surface area is 230 Å². The molecule has 0 saturated carbocycles. The van der Waals surface area contributed by atoms with Crippen LogP contribution in [0.1, 0.15) is 28.4 Å². The van der Waals surface area contributed by atoms with E-state index in [0.29, 0.717) is 30.9 Å². The Morgan fingerprint density at radius 1 is 0.975 bits per heavy atom. The summed E-state index contributed by atoms with van der Waals surface area (Å²) >= 11 is 0. The van der Waals surface area contributed by atoms with Gasteiger partial charge in [-0.2, -0.15) is 0 Å². The molecule has 4 heterocycles. The number of H-pyrrole nitrogens is 1. The van der Waals surface area contributed by atoms with Crippen molar-refractivity contribution in [2.75, 3.05) is 19.9 Å². The van der Waals surface area contributed by atoms with Gasteiger partial charge in [-0.3, -0.25) is 9.59 Å². The van der Waals surface area contributed by atoms with E-state index in [-0.39, 0.29) is 30.0 Å². The molecule has 2 atom stereocenters. The van der Waals surface area contributed by atoms with E-state index in [1.165, 1.54) is 12.1 Å². The number of hydrogen-bond acceptors (Lipinski definition) is 6. The first-order valence-corrected chi connectivity index (χ1v) is 14.5. The Balaban J connectivity index is 1.22. The van der Waals surface area contributed by atoms with Crippen molar-refractivity contribution in [1.82, 2.24) is 14.8 Å². The topological polar surface area (TPSA) is 135 Å². The van der Waals surface area contributed by atoms with Crippen molar-refractivity contribution < 1.29 is 27.5 Å². The molecule has 11 heteroatoms. The second-order valence-corrected chi connectivity index (χ2v) is 11.9. The van der Waals surface area contributed by atoms with Crippen LogP contribution in [-0.4, -0.2) is 60.9 Å². The molecule has 1 aromatic heterocycles. The number of carbonyl (C=O) groups is 2. The van der Waals surface area contributed by atoms with Gasteiger partial charge in [0.2, 0.25) is 28.6 Å². The van der Waals surface area contributed by atoms with Crippen LogP contribution in [0.4, 0.5) is 0 Å². The summed E-state index contributed by atoms with van der Waals surface area (Å²) in [5, 5.41) is 6.23. The zero-order valence-electron chi connectivity index (χ0n) is 21.4. The molecule has 4 aromatic rings. The van der Waals surface area contributed by atoms with E-state index in [2.05, 4.69) is 4.98 Å². The number of aromatic amines is 1. The van der Waals surface area contributed by atoms with E-state index in [9.17, 15) is 18.0 Å². The van der Waals surface area contributed by atoms with Gasteiger partial charge in [0.05, 0.1) is 17.5 Å². The van der Waals surface area contributed by atoms with Crippen LogP contribution in [0.5, 0.6) is 11.5 Å². The number of aromatic nitrogens is 1. The molecule has 1 saturated heterocycles. The number of ether oxygens (including phenoxy) is 2. The Morgan fingerprint density at radius 2 is 1.75 bits per heavy atom. The number of benzene rings is 3. The molecular weight excluding hydrogens is 532 g/mol. The summed E-state index contributed by atoms with van der Waals surface area (Å²) < 4.78 is 34.3. The van der Waals surface area contributed by atoms with Crippen molar-refractivity contribution in [3.8, 4) is 11.5 Å². The standard InChI is InChI=1S/C29H26N4O6S/c30-40(36,37)19-8-5-17(6-9-19)11-12-32-15-26(34)33-23(29(32)35)14-21-20-3-1-2-4-22(20)31-27(21)28(33)18-7-10-24-25(13-18)39-16-38-24/h1-10,13,23,28,31H,11-12,14-16H2,(H2,30,36,37)/t23-,28-/m1/s1. The van der Waals surface area contributed by atoms with Crippen LogP contribution in [0.15, 0.2) is 71.6 Å². The fourth-order valence-electron chi connectivity index (χ4n) is 6.05. The van der Waals surface area contributed by atoms with Gasteiger partial charge in [0.25, 0.3) is 0 Å². The molecule has 3 aromatic carbocycles. The summed E-state index contributed by atoms with van der Waals surface area (Å²) in [6, 6.07) is 18.7. The van der Waals surface area contributed by atoms with E-state index in [1.54, 1.807) is 21.9 Å². The van der Waals surface area contributed by atoms with Gasteiger partial charge in [-0.05, 0) is 53.4 Å². The summed E-state index contributed by atoms with van der Waals surface area (Å²) in [6.07, 6.45) is 0.880. The number of carbonyl (C=O) groups excluding carboxylic acids is 2. The second kappa shape index (κ2) is 9.10. The number of piperazine rings is 1. The van der Waals surface area contributed by atoms with Gasteiger partial charge in [0, 0.05) is 29.6 Å². The van der Waals surface area contributed by atoms with Crippen molar-refractivity contribution in [3.05, 3.63) is 89.1 Å². The van der Waals surface area contributed by atoms with Crippen LogP contribution in [0.25, 0.3) is 10.9 Å². The number of nitrogens with two attached hydrogens (primary N) is 1. The quantitative estimate of drug-likeness (QED) is 0.387. The maximum Gasteiger partial charge on any atom is 0.246 e. The summed E-state index contributed by atoms with van der Waals surface area (Å²) in [5.74, 6) is 1.02. The Morgan fingerprint density at radius 3 is 2.55 bits per heavy atom. The maximum atomic E-state index is 13.9. The minimum absolute atomic E-state index is 0.0300. The fourth-order valence-corrected chi connectivity index (χ4v) is 6.57. The highest BCUT2D eigenvalue weighted by atomic mass is 32.2. The van der Waals surface area contributed by atoms with Crippen molar-refractivity contribution in [1.29, 1.82) is 0 Å². The van der Waals surface area contributed by atoms with Crippen LogP contribution in [0, 0.1) is 0 Å². The third-order valence-electron chi connectivity index (χ3n) is 7.98. The molecule has 0 aliphatic carbocycles. The lowest BCUT2D eigenvalue weighted by atomic mass is 9.86. The lowest BCUT2D eigenvalue weighted by molar-refractivity contribution is -0.158. The number of nitrogens with zero attached hydrogens (tertiary/aromatic N) is 2. The number of primary sulfonamides is 1. The van der Waals surface area contributed by atoms with Gasteiger partial charge >= 0.3 is 0 Å². The first kappa shape index (κ1) is 24.7. The van der Waals surface area contributed by atoms with Crippen molar-refractivity contribution in [2.24, 2.45) is 5.14 Å². The van der Waals surface area contributed by atoms with Crippen LogP contribution >= 0.6 is 0 Å². The molecule has 0 bridgehead atoms. The Kier molecular flexibility index (Phi) is 5.62. The van der Waals surface area contributed by atoms with Crippen molar-refractivity contribution >= 4 is 32.7 Å². The van der Waals surface area contributed by atoms with Gasteiger partial charge in [-0.1, -0.05) is 36.4 Å². The van der Waals surface area contributed by atoms with E-state index < -0.39 is 22.1 Å². The molecule has 10 nitrogen and oxygen atoms in total. The molecule has 0 unspecified atom stereocenters. The summed E-state index contributed by atoms with van der Waals surface area (Å²) in [7, 11) is -3.78. The number of amides is 2. The average Bonchev–Trinajstić information content (AvgIpc) is 3.57. The minimum Gasteiger partial charge on any atom is -0.454 e.